The van der Waals surface area contributed by atoms with Crippen LogP contribution in [0.15, 0.2) is 42.9 Å². The topological polar surface area (TPSA) is 78.4 Å². The van der Waals surface area contributed by atoms with Crippen molar-refractivity contribution < 1.29 is 9.90 Å². The van der Waals surface area contributed by atoms with Gasteiger partial charge in [-0.15, -0.1) is 0 Å². The van der Waals surface area contributed by atoms with Gasteiger partial charge in [-0.1, -0.05) is 6.07 Å². The number of nitrogens with zero attached hydrogens (tertiary/aromatic N) is 3. The van der Waals surface area contributed by atoms with Gasteiger partial charge in [0.15, 0.2) is 0 Å². The summed E-state index contributed by atoms with van der Waals surface area (Å²) in [6.45, 7) is 3.92. The molecule has 0 spiro atoms. The van der Waals surface area contributed by atoms with Crippen molar-refractivity contribution in [2.24, 2.45) is 0 Å². The molecule has 2 aromatic rings. The number of nitrogens with one attached hydrogen (secondary N) is 1. The van der Waals surface area contributed by atoms with Crippen LogP contribution in [0, 0.1) is 6.92 Å². The Morgan fingerprint density at radius 3 is 2.96 bits per heavy atom. The number of pyridine rings is 2. The van der Waals surface area contributed by atoms with Gasteiger partial charge in [-0.2, -0.15) is 0 Å². The molecule has 126 valence electrons. The van der Waals surface area contributed by atoms with Crippen molar-refractivity contribution in [2.45, 2.75) is 32.0 Å². The molecule has 1 saturated heterocycles. The molecule has 1 aliphatic heterocycles. The van der Waals surface area contributed by atoms with Crippen LogP contribution in [-0.4, -0.2) is 51.1 Å². The molecule has 6 nitrogen and oxygen atoms in total. The Kier molecular flexibility index (Phi) is 5.17. The summed E-state index contributed by atoms with van der Waals surface area (Å²) in [5, 5.41) is 13.3. The molecule has 2 atom stereocenters. The normalized spacial score (nSPS) is 21.4. The predicted octanol–water partition coefficient (Wildman–Crippen LogP) is 1.15. The summed E-state index contributed by atoms with van der Waals surface area (Å²) < 4.78 is 0. The molecule has 0 bridgehead atoms. The van der Waals surface area contributed by atoms with Gasteiger partial charge in [0.1, 0.15) is 0 Å². The molecule has 0 aliphatic carbocycles. The molecule has 0 radical (unpaired) electrons. The second-order valence-corrected chi connectivity index (χ2v) is 6.18. The van der Waals surface area contributed by atoms with Crippen LogP contribution >= 0.6 is 0 Å². The fourth-order valence-corrected chi connectivity index (χ4v) is 2.98. The monoisotopic (exact) mass is 326 g/mol. The minimum Gasteiger partial charge on any atom is -0.390 e. The van der Waals surface area contributed by atoms with Crippen LogP contribution < -0.4 is 5.32 Å². The quantitative estimate of drug-likeness (QED) is 0.881. The van der Waals surface area contributed by atoms with E-state index in [-0.39, 0.29) is 11.9 Å². The van der Waals surface area contributed by atoms with E-state index in [1.54, 1.807) is 24.7 Å². The summed E-state index contributed by atoms with van der Waals surface area (Å²) in [7, 11) is 0. The zero-order valence-corrected chi connectivity index (χ0v) is 13.7. The van der Waals surface area contributed by atoms with Crippen molar-refractivity contribution in [3.63, 3.8) is 0 Å². The van der Waals surface area contributed by atoms with E-state index in [9.17, 15) is 9.90 Å². The van der Waals surface area contributed by atoms with Crippen LogP contribution in [0.2, 0.25) is 0 Å². The number of aliphatic hydroxyl groups is 1. The number of carbonyl (C=O) groups excluding carboxylic acids is 1. The van der Waals surface area contributed by atoms with Crippen molar-refractivity contribution in [3.05, 3.63) is 59.7 Å². The Labute approximate surface area is 141 Å². The molecule has 24 heavy (non-hydrogen) atoms. The Bertz CT molecular complexity index is 692. The van der Waals surface area contributed by atoms with E-state index in [1.165, 1.54) is 0 Å². The zero-order valence-electron chi connectivity index (χ0n) is 13.7. The largest absolute Gasteiger partial charge is 0.390 e. The van der Waals surface area contributed by atoms with E-state index >= 15 is 0 Å². The molecule has 0 aromatic carbocycles. The highest BCUT2D eigenvalue weighted by Gasteiger charge is 2.29. The predicted molar refractivity (Wildman–Crippen MR) is 90.4 cm³/mol. The average molecular weight is 326 g/mol. The van der Waals surface area contributed by atoms with Crippen LogP contribution in [0.25, 0.3) is 0 Å². The lowest BCUT2D eigenvalue weighted by Crippen LogP contribution is -2.53. The molecule has 0 unspecified atom stereocenters. The second kappa shape index (κ2) is 7.51. The van der Waals surface area contributed by atoms with Gasteiger partial charge in [0.05, 0.1) is 23.4 Å². The van der Waals surface area contributed by atoms with Gasteiger partial charge >= 0.3 is 0 Å². The van der Waals surface area contributed by atoms with Crippen molar-refractivity contribution >= 4 is 5.91 Å². The van der Waals surface area contributed by atoms with E-state index in [4.69, 9.17) is 0 Å². The number of hydrogen-bond acceptors (Lipinski definition) is 5. The van der Waals surface area contributed by atoms with Gasteiger partial charge in [-0.05, 0) is 37.1 Å². The number of rotatable bonds is 4. The van der Waals surface area contributed by atoms with Crippen LogP contribution in [0.4, 0.5) is 0 Å². The van der Waals surface area contributed by atoms with Crippen LogP contribution in [0.3, 0.4) is 0 Å². The summed E-state index contributed by atoms with van der Waals surface area (Å²) in [6.07, 6.45) is 5.11. The number of aromatic nitrogens is 2. The molecule has 3 heterocycles. The standard InChI is InChI=1S/C18H22N4O2/c1-13-5-8-19-10-15(13)18(24)21-16-6-9-22(12-17(16)23)11-14-4-2-3-7-20-14/h2-5,7-8,10,16-17,23H,6,9,11-12H2,1H3,(H,21,24)/t16-,17-/m1/s1. The van der Waals surface area contributed by atoms with E-state index in [0.29, 0.717) is 25.1 Å². The summed E-state index contributed by atoms with van der Waals surface area (Å²) in [5.74, 6) is -0.178. The Hall–Kier alpha value is -2.31. The summed E-state index contributed by atoms with van der Waals surface area (Å²) >= 11 is 0. The lowest BCUT2D eigenvalue weighted by molar-refractivity contribution is 0.0345. The third-order valence-corrected chi connectivity index (χ3v) is 4.38. The Morgan fingerprint density at radius 2 is 2.25 bits per heavy atom. The third kappa shape index (κ3) is 3.96. The van der Waals surface area contributed by atoms with Gasteiger partial charge in [-0.25, -0.2) is 0 Å². The summed E-state index contributed by atoms with van der Waals surface area (Å²) in [5.41, 5.74) is 2.42. The first-order valence-electron chi connectivity index (χ1n) is 8.15. The lowest BCUT2D eigenvalue weighted by atomic mass is 10.0. The molecular formula is C18H22N4O2. The number of hydrogen-bond donors (Lipinski definition) is 2. The van der Waals surface area contributed by atoms with Gasteiger partial charge in [0, 0.05) is 38.2 Å². The van der Waals surface area contributed by atoms with Crippen molar-refractivity contribution in [2.75, 3.05) is 13.1 Å². The second-order valence-electron chi connectivity index (χ2n) is 6.18. The van der Waals surface area contributed by atoms with Crippen molar-refractivity contribution in [1.29, 1.82) is 0 Å². The highest BCUT2D eigenvalue weighted by Crippen LogP contribution is 2.15. The van der Waals surface area contributed by atoms with Gasteiger partial charge in [-0.3, -0.25) is 19.7 Å². The molecule has 2 N–H and O–H groups in total. The van der Waals surface area contributed by atoms with E-state index in [2.05, 4.69) is 20.2 Å². The fraction of sp³-hybridized carbons (Fsp3) is 0.389. The number of aryl methyl sites for hydroxylation is 1. The molecule has 1 fully saturated rings. The maximum atomic E-state index is 12.4. The smallest absolute Gasteiger partial charge is 0.253 e. The summed E-state index contributed by atoms with van der Waals surface area (Å²) in [6, 6.07) is 7.39. The number of carbonyl (C=O) groups is 1. The molecular weight excluding hydrogens is 304 g/mol. The average Bonchev–Trinajstić information content (AvgIpc) is 2.58. The van der Waals surface area contributed by atoms with E-state index < -0.39 is 6.10 Å². The Balaban J connectivity index is 1.56. The fourth-order valence-electron chi connectivity index (χ4n) is 2.98. The Morgan fingerprint density at radius 1 is 1.38 bits per heavy atom. The van der Waals surface area contributed by atoms with Crippen molar-refractivity contribution in [3.8, 4) is 0 Å². The molecule has 1 aliphatic rings. The van der Waals surface area contributed by atoms with Crippen molar-refractivity contribution in [1.82, 2.24) is 20.2 Å². The first-order valence-corrected chi connectivity index (χ1v) is 8.15. The van der Waals surface area contributed by atoms with Gasteiger partial charge < -0.3 is 10.4 Å². The third-order valence-electron chi connectivity index (χ3n) is 4.38. The van der Waals surface area contributed by atoms with Crippen LogP contribution in [0.5, 0.6) is 0 Å². The molecule has 6 heteroatoms. The lowest BCUT2D eigenvalue weighted by Gasteiger charge is -2.36. The van der Waals surface area contributed by atoms with Crippen LogP contribution in [-0.2, 0) is 6.54 Å². The number of piperidine rings is 1. The van der Waals surface area contributed by atoms with E-state index in [1.807, 2.05) is 25.1 Å². The highest BCUT2D eigenvalue weighted by atomic mass is 16.3. The number of β-amino-alcohol motifs (C(OH)–C–C–N with tert-alkyl or cyclic N) is 1. The first-order chi connectivity index (χ1) is 11.6. The van der Waals surface area contributed by atoms with Gasteiger partial charge in [0.2, 0.25) is 0 Å². The molecule has 1 amide bonds. The number of aliphatic hydroxyl groups excluding tert-OH is 1. The number of likely N-dealkylation sites (tertiary alicyclic amines) is 1. The first kappa shape index (κ1) is 16.5. The minimum atomic E-state index is -0.594. The maximum Gasteiger partial charge on any atom is 0.253 e. The molecule has 3 rings (SSSR count). The molecule has 0 saturated carbocycles. The van der Waals surface area contributed by atoms with Gasteiger partial charge in [0.25, 0.3) is 5.91 Å². The molecule has 2 aromatic heterocycles. The number of amides is 1. The van der Waals surface area contributed by atoms with E-state index in [0.717, 1.165) is 17.8 Å². The highest BCUT2D eigenvalue weighted by molar-refractivity contribution is 5.95. The SMILES string of the molecule is Cc1ccncc1C(=O)N[C@@H]1CCN(Cc2ccccn2)C[C@H]1O. The maximum absolute atomic E-state index is 12.4. The van der Waals surface area contributed by atoms with Crippen LogP contribution in [0.1, 0.15) is 28.0 Å². The zero-order chi connectivity index (χ0) is 16.9. The summed E-state index contributed by atoms with van der Waals surface area (Å²) in [4.78, 5) is 22.8. The minimum absolute atomic E-state index is 0.178.